The molecule has 0 spiro atoms. The van der Waals surface area contributed by atoms with Gasteiger partial charge >= 0.3 is 0 Å². The Kier molecular flexibility index (Phi) is 4.67. The minimum atomic E-state index is 0.687. The second-order valence-electron chi connectivity index (χ2n) is 7.71. The van der Waals surface area contributed by atoms with E-state index in [1.165, 1.54) is 31.4 Å². The predicted molar refractivity (Wildman–Crippen MR) is 115 cm³/mol. The summed E-state index contributed by atoms with van der Waals surface area (Å²) >= 11 is 3.61. The van der Waals surface area contributed by atoms with Crippen molar-refractivity contribution in [3.05, 3.63) is 41.1 Å². The molecule has 3 aromatic rings. The van der Waals surface area contributed by atoms with E-state index >= 15 is 0 Å². The van der Waals surface area contributed by atoms with Crippen molar-refractivity contribution in [2.24, 2.45) is 5.92 Å². The van der Waals surface area contributed by atoms with Crippen LogP contribution in [0.3, 0.4) is 0 Å². The number of rotatable bonds is 6. The van der Waals surface area contributed by atoms with Crippen molar-refractivity contribution < 1.29 is 9.47 Å². The fourth-order valence-corrected chi connectivity index (χ4v) is 4.28. The van der Waals surface area contributed by atoms with Gasteiger partial charge in [-0.25, -0.2) is 4.98 Å². The van der Waals surface area contributed by atoms with Crippen LogP contribution in [0.2, 0.25) is 0 Å². The lowest BCUT2D eigenvalue weighted by Crippen LogP contribution is -2.17. The van der Waals surface area contributed by atoms with Crippen LogP contribution in [0.1, 0.15) is 25.7 Å². The standard InChI is InChI=1S/C22H24BrN3O2/c1-27-21-12-20(28-14-15-4-5-15)17(11-18(21)23)19-13-26-9-6-16(10-22(26)24-19)25-7-2-3-8-25/h6,9-13,15H,2-5,7-8,14H2,1H3. The molecule has 0 amide bonds. The Balaban J connectivity index is 1.53. The summed E-state index contributed by atoms with van der Waals surface area (Å²) in [6.07, 6.45) is 9.23. The molecule has 5 rings (SSSR count). The van der Waals surface area contributed by atoms with Crippen molar-refractivity contribution in [2.45, 2.75) is 25.7 Å². The van der Waals surface area contributed by atoms with Gasteiger partial charge in [0.25, 0.3) is 0 Å². The van der Waals surface area contributed by atoms with Crippen LogP contribution in [0.25, 0.3) is 16.9 Å². The number of benzene rings is 1. The van der Waals surface area contributed by atoms with Gasteiger partial charge in [0.05, 0.1) is 23.9 Å². The molecule has 1 aromatic carbocycles. The Morgan fingerprint density at radius 2 is 1.96 bits per heavy atom. The van der Waals surface area contributed by atoms with Crippen LogP contribution in [0, 0.1) is 5.92 Å². The van der Waals surface area contributed by atoms with Gasteiger partial charge in [-0.05, 0) is 59.7 Å². The Hall–Kier alpha value is -2.21. The molecule has 3 heterocycles. The summed E-state index contributed by atoms with van der Waals surface area (Å²) in [6.45, 7) is 3.02. The highest BCUT2D eigenvalue weighted by molar-refractivity contribution is 9.10. The third-order valence-corrected chi connectivity index (χ3v) is 6.24. The number of aromatic nitrogens is 2. The molecule has 6 heteroatoms. The molecule has 28 heavy (non-hydrogen) atoms. The zero-order valence-corrected chi connectivity index (χ0v) is 17.6. The number of methoxy groups -OCH3 is 1. The van der Waals surface area contributed by atoms with Crippen LogP contribution in [0.4, 0.5) is 5.69 Å². The van der Waals surface area contributed by atoms with E-state index < -0.39 is 0 Å². The molecule has 2 fully saturated rings. The number of fused-ring (bicyclic) bond motifs is 1. The summed E-state index contributed by atoms with van der Waals surface area (Å²) in [5.41, 5.74) is 4.11. The van der Waals surface area contributed by atoms with Crippen molar-refractivity contribution in [1.29, 1.82) is 0 Å². The molecule has 1 saturated heterocycles. The maximum atomic E-state index is 6.16. The second-order valence-corrected chi connectivity index (χ2v) is 8.56. The summed E-state index contributed by atoms with van der Waals surface area (Å²) < 4.78 is 14.6. The van der Waals surface area contributed by atoms with Crippen LogP contribution in [0.5, 0.6) is 11.5 Å². The number of ether oxygens (including phenoxy) is 2. The van der Waals surface area contributed by atoms with Gasteiger partial charge < -0.3 is 18.8 Å². The van der Waals surface area contributed by atoms with Gasteiger partial charge in [0.15, 0.2) is 0 Å². The highest BCUT2D eigenvalue weighted by Crippen LogP contribution is 2.40. The third-order valence-electron chi connectivity index (χ3n) is 5.62. The molecule has 2 aliphatic rings. The van der Waals surface area contributed by atoms with Gasteiger partial charge in [-0.1, -0.05) is 0 Å². The van der Waals surface area contributed by atoms with E-state index in [1.54, 1.807) is 7.11 Å². The van der Waals surface area contributed by atoms with E-state index in [0.717, 1.165) is 52.6 Å². The monoisotopic (exact) mass is 441 g/mol. The number of imidazole rings is 1. The molecule has 0 unspecified atom stereocenters. The van der Waals surface area contributed by atoms with Crippen LogP contribution in [0.15, 0.2) is 41.1 Å². The third kappa shape index (κ3) is 3.46. The Labute approximate surface area is 173 Å². The largest absolute Gasteiger partial charge is 0.495 e. The van der Waals surface area contributed by atoms with Crippen molar-refractivity contribution in [3.8, 4) is 22.8 Å². The topological polar surface area (TPSA) is 39.0 Å². The SMILES string of the molecule is COc1cc(OCC2CC2)c(-c2cn3ccc(N4CCCC4)cc3n2)cc1Br. The van der Waals surface area contributed by atoms with Gasteiger partial charge in [-0.15, -0.1) is 0 Å². The average molecular weight is 442 g/mol. The van der Waals surface area contributed by atoms with Gasteiger partial charge in [0.2, 0.25) is 0 Å². The number of pyridine rings is 1. The normalized spacial score (nSPS) is 16.7. The molecule has 0 bridgehead atoms. The number of anilines is 1. The van der Waals surface area contributed by atoms with Gasteiger partial charge in [0.1, 0.15) is 17.1 Å². The highest BCUT2D eigenvalue weighted by Gasteiger charge is 2.23. The fraction of sp³-hybridized carbons (Fsp3) is 0.409. The molecule has 5 nitrogen and oxygen atoms in total. The lowest BCUT2D eigenvalue weighted by molar-refractivity contribution is 0.298. The first-order valence-electron chi connectivity index (χ1n) is 9.95. The minimum absolute atomic E-state index is 0.687. The molecule has 2 aromatic heterocycles. The van der Waals surface area contributed by atoms with E-state index in [1.807, 2.05) is 12.1 Å². The maximum Gasteiger partial charge on any atom is 0.139 e. The number of hydrogen-bond acceptors (Lipinski definition) is 4. The molecule has 1 aliphatic carbocycles. The highest BCUT2D eigenvalue weighted by atomic mass is 79.9. The van der Waals surface area contributed by atoms with Crippen LogP contribution < -0.4 is 14.4 Å². The van der Waals surface area contributed by atoms with Gasteiger partial charge in [-0.2, -0.15) is 0 Å². The summed E-state index contributed by atoms with van der Waals surface area (Å²) in [6, 6.07) is 8.36. The van der Waals surface area contributed by atoms with Crippen molar-refractivity contribution >= 4 is 27.3 Å². The fourth-order valence-electron chi connectivity index (χ4n) is 3.78. The molecular formula is C22H24BrN3O2. The van der Waals surface area contributed by atoms with Crippen molar-refractivity contribution in [2.75, 3.05) is 31.7 Å². The number of halogens is 1. The molecular weight excluding hydrogens is 418 g/mol. The number of nitrogens with zero attached hydrogens (tertiary/aromatic N) is 3. The number of hydrogen-bond donors (Lipinski definition) is 0. The molecule has 146 valence electrons. The van der Waals surface area contributed by atoms with E-state index in [2.05, 4.69) is 49.8 Å². The Morgan fingerprint density at radius 3 is 2.71 bits per heavy atom. The summed E-state index contributed by atoms with van der Waals surface area (Å²) in [4.78, 5) is 7.34. The molecule has 1 aliphatic heterocycles. The second kappa shape index (κ2) is 7.32. The smallest absolute Gasteiger partial charge is 0.139 e. The molecule has 0 N–H and O–H groups in total. The first kappa shape index (κ1) is 17.9. The Morgan fingerprint density at radius 1 is 1.14 bits per heavy atom. The summed E-state index contributed by atoms with van der Waals surface area (Å²) in [5.74, 6) is 2.29. The van der Waals surface area contributed by atoms with E-state index in [4.69, 9.17) is 14.5 Å². The van der Waals surface area contributed by atoms with Crippen molar-refractivity contribution in [1.82, 2.24) is 9.38 Å². The quantitative estimate of drug-likeness (QED) is 0.529. The zero-order valence-electron chi connectivity index (χ0n) is 16.0. The first-order chi connectivity index (χ1) is 13.7. The van der Waals surface area contributed by atoms with Crippen molar-refractivity contribution in [3.63, 3.8) is 0 Å². The van der Waals surface area contributed by atoms with Crippen LogP contribution >= 0.6 is 15.9 Å². The van der Waals surface area contributed by atoms with Crippen LogP contribution in [-0.2, 0) is 0 Å². The first-order valence-corrected chi connectivity index (χ1v) is 10.7. The predicted octanol–water partition coefficient (Wildman–Crippen LogP) is 5.16. The molecule has 0 radical (unpaired) electrons. The Bertz CT molecular complexity index is 1010. The maximum absolute atomic E-state index is 6.16. The molecule has 1 saturated carbocycles. The lowest BCUT2D eigenvalue weighted by atomic mass is 10.1. The zero-order chi connectivity index (χ0) is 19.1. The van der Waals surface area contributed by atoms with Gasteiger partial charge in [-0.3, -0.25) is 0 Å². The summed E-state index contributed by atoms with van der Waals surface area (Å²) in [7, 11) is 1.68. The minimum Gasteiger partial charge on any atom is -0.495 e. The summed E-state index contributed by atoms with van der Waals surface area (Å²) in [5, 5.41) is 0. The average Bonchev–Trinajstić information content (AvgIpc) is 3.19. The van der Waals surface area contributed by atoms with E-state index in [0.29, 0.717) is 5.92 Å². The van der Waals surface area contributed by atoms with E-state index in [-0.39, 0.29) is 0 Å². The molecule has 0 atom stereocenters. The van der Waals surface area contributed by atoms with Crippen LogP contribution in [-0.4, -0.2) is 36.2 Å². The van der Waals surface area contributed by atoms with Gasteiger partial charge in [0, 0.05) is 48.9 Å². The van der Waals surface area contributed by atoms with E-state index in [9.17, 15) is 0 Å². The lowest BCUT2D eigenvalue weighted by Gasteiger charge is -2.17.